The number of unbranched alkanes of at least 4 members (excludes halogenated alkanes) is 18. The Balaban J connectivity index is 3.71. The molecule has 0 aromatic carbocycles. The van der Waals surface area contributed by atoms with Crippen molar-refractivity contribution in [1.82, 2.24) is 5.32 Å². The summed E-state index contributed by atoms with van der Waals surface area (Å²) in [5.74, 6) is -0.288. The van der Waals surface area contributed by atoms with Gasteiger partial charge < -0.3 is 20.6 Å². The van der Waals surface area contributed by atoms with Crippen LogP contribution in [0.25, 0.3) is 0 Å². The molecule has 0 rings (SSSR count). The molecule has 0 aromatic heterocycles. The SMILES string of the molecule is CCCCCCCCCCCCCCC[C@@H](O)[C@H](CO)NC(=O)C[C@H](O)CCCCCCCCC. The lowest BCUT2D eigenvalue weighted by atomic mass is 10.0. The zero-order valence-corrected chi connectivity index (χ0v) is 23.5. The Morgan fingerprint density at radius 3 is 1.37 bits per heavy atom. The van der Waals surface area contributed by atoms with Gasteiger partial charge in [-0.15, -0.1) is 0 Å². The number of hydrogen-bond donors (Lipinski definition) is 4. The zero-order valence-electron chi connectivity index (χ0n) is 23.5. The van der Waals surface area contributed by atoms with Crippen LogP contribution < -0.4 is 5.32 Å². The monoisotopic (exact) mass is 499 g/mol. The molecule has 3 atom stereocenters. The average Bonchev–Trinajstić information content (AvgIpc) is 2.84. The van der Waals surface area contributed by atoms with E-state index in [1.165, 1.54) is 103 Å². The molecule has 0 saturated carbocycles. The lowest BCUT2D eigenvalue weighted by Crippen LogP contribution is -2.46. The largest absolute Gasteiger partial charge is 0.394 e. The highest BCUT2D eigenvalue weighted by atomic mass is 16.3. The van der Waals surface area contributed by atoms with E-state index in [0.29, 0.717) is 12.8 Å². The average molecular weight is 500 g/mol. The third-order valence-electron chi connectivity index (χ3n) is 7.17. The highest BCUT2D eigenvalue weighted by molar-refractivity contribution is 5.76. The van der Waals surface area contributed by atoms with Crippen molar-refractivity contribution in [2.75, 3.05) is 6.61 Å². The summed E-state index contributed by atoms with van der Waals surface area (Å²) in [6.45, 7) is 4.19. The van der Waals surface area contributed by atoms with E-state index >= 15 is 0 Å². The second kappa shape index (κ2) is 26.4. The van der Waals surface area contributed by atoms with Gasteiger partial charge >= 0.3 is 0 Å². The predicted molar refractivity (Wildman–Crippen MR) is 149 cm³/mol. The van der Waals surface area contributed by atoms with E-state index in [1.807, 2.05) is 0 Å². The standard InChI is InChI=1S/C30H61NO4/c1-3-5-7-9-11-12-13-14-15-16-18-20-22-24-29(34)28(26-32)31-30(35)25-27(33)23-21-19-17-10-8-6-4-2/h27-29,32-34H,3-26H2,1-2H3,(H,31,35)/t27-,28+,29-/m1/s1. The highest BCUT2D eigenvalue weighted by Gasteiger charge is 2.21. The van der Waals surface area contributed by atoms with E-state index in [4.69, 9.17) is 0 Å². The number of carbonyl (C=O) groups excluding carboxylic acids is 1. The molecule has 0 heterocycles. The van der Waals surface area contributed by atoms with Gasteiger partial charge in [0.05, 0.1) is 31.3 Å². The predicted octanol–water partition coefficient (Wildman–Crippen LogP) is 7.20. The molecule has 0 aromatic rings. The quantitative estimate of drug-likeness (QED) is 0.0900. The lowest BCUT2D eigenvalue weighted by Gasteiger charge is -2.23. The number of rotatable bonds is 27. The topological polar surface area (TPSA) is 89.8 Å². The second-order valence-corrected chi connectivity index (χ2v) is 10.7. The first-order valence-corrected chi connectivity index (χ1v) is 15.3. The molecule has 5 nitrogen and oxygen atoms in total. The summed E-state index contributed by atoms with van der Waals surface area (Å²) >= 11 is 0. The van der Waals surface area contributed by atoms with Crippen molar-refractivity contribution >= 4 is 5.91 Å². The Hall–Kier alpha value is -0.650. The fourth-order valence-electron chi connectivity index (χ4n) is 4.75. The molecule has 0 saturated heterocycles. The molecule has 0 radical (unpaired) electrons. The Morgan fingerprint density at radius 1 is 0.600 bits per heavy atom. The molecule has 0 aliphatic rings. The minimum absolute atomic E-state index is 0.0395. The zero-order chi connectivity index (χ0) is 26.0. The molecule has 0 aliphatic heterocycles. The van der Waals surface area contributed by atoms with Crippen LogP contribution in [0.4, 0.5) is 0 Å². The van der Waals surface area contributed by atoms with Crippen LogP contribution in [-0.4, -0.2) is 46.1 Å². The molecule has 35 heavy (non-hydrogen) atoms. The summed E-state index contributed by atoms with van der Waals surface area (Å²) in [6, 6.07) is -0.648. The summed E-state index contributed by atoms with van der Waals surface area (Å²) in [5.41, 5.74) is 0. The number of amides is 1. The van der Waals surface area contributed by atoms with Crippen molar-refractivity contribution < 1.29 is 20.1 Å². The molecule has 1 amide bonds. The summed E-state index contributed by atoms with van der Waals surface area (Å²) in [4.78, 5) is 12.2. The van der Waals surface area contributed by atoms with Crippen LogP contribution in [0.2, 0.25) is 0 Å². The van der Waals surface area contributed by atoms with Gasteiger partial charge in [-0.05, 0) is 12.8 Å². The minimum Gasteiger partial charge on any atom is -0.394 e. The minimum atomic E-state index is -0.739. The number of nitrogens with one attached hydrogen (secondary N) is 1. The van der Waals surface area contributed by atoms with E-state index in [2.05, 4.69) is 19.2 Å². The number of aliphatic hydroxyl groups is 3. The van der Waals surface area contributed by atoms with Crippen LogP contribution in [0.15, 0.2) is 0 Å². The van der Waals surface area contributed by atoms with E-state index in [1.54, 1.807) is 0 Å². The van der Waals surface area contributed by atoms with Crippen LogP contribution in [0.3, 0.4) is 0 Å². The second-order valence-electron chi connectivity index (χ2n) is 10.7. The Morgan fingerprint density at radius 2 is 0.971 bits per heavy atom. The first-order chi connectivity index (χ1) is 17.0. The van der Waals surface area contributed by atoms with Crippen LogP contribution >= 0.6 is 0 Å². The summed E-state index contributed by atoms with van der Waals surface area (Å²) in [6.07, 6.45) is 24.8. The molecule has 0 fully saturated rings. The molecule has 0 spiro atoms. The maximum atomic E-state index is 12.2. The number of hydrogen-bond acceptors (Lipinski definition) is 4. The van der Waals surface area contributed by atoms with Gasteiger partial charge in [0.25, 0.3) is 0 Å². The third kappa shape index (κ3) is 23.5. The Labute approximate surface area is 217 Å². The summed E-state index contributed by atoms with van der Waals surface area (Å²) in [7, 11) is 0. The fraction of sp³-hybridized carbons (Fsp3) is 0.967. The van der Waals surface area contributed by atoms with E-state index < -0.39 is 18.2 Å². The van der Waals surface area contributed by atoms with Gasteiger partial charge in [0.1, 0.15) is 0 Å². The third-order valence-corrected chi connectivity index (χ3v) is 7.17. The summed E-state index contributed by atoms with van der Waals surface area (Å²) in [5, 5.41) is 32.9. The maximum absolute atomic E-state index is 12.2. The number of carbonyl (C=O) groups is 1. The van der Waals surface area contributed by atoms with E-state index in [-0.39, 0.29) is 18.9 Å². The first-order valence-electron chi connectivity index (χ1n) is 15.3. The van der Waals surface area contributed by atoms with Gasteiger partial charge in [0, 0.05) is 0 Å². The van der Waals surface area contributed by atoms with Crippen LogP contribution in [0.1, 0.15) is 162 Å². The van der Waals surface area contributed by atoms with Gasteiger partial charge in [-0.1, -0.05) is 142 Å². The Bertz CT molecular complexity index is 446. The molecule has 5 heteroatoms. The van der Waals surface area contributed by atoms with Gasteiger partial charge in [-0.25, -0.2) is 0 Å². The lowest BCUT2D eigenvalue weighted by molar-refractivity contribution is -0.125. The molecule has 0 bridgehead atoms. The van der Waals surface area contributed by atoms with Crippen molar-refractivity contribution in [3.05, 3.63) is 0 Å². The van der Waals surface area contributed by atoms with Crippen molar-refractivity contribution in [2.45, 2.75) is 180 Å². The molecule has 0 unspecified atom stereocenters. The maximum Gasteiger partial charge on any atom is 0.222 e. The van der Waals surface area contributed by atoms with Crippen molar-refractivity contribution in [2.24, 2.45) is 0 Å². The van der Waals surface area contributed by atoms with E-state index in [9.17, 15) is 20.1 Å². The van der Waals surface area contributed by atoms with Gasteiger partial charge in [-0.2, -0.15) is 0 Å². The first kappa shape index (κ1) is 34.4. The van der Waals surface area contributed by atoms with Crippen LogP contribution in [0, 0.1) is 0 Å². The molecule has 4 N–H and O–H groups in total. The van der Waals surface area contributed by atoms with E-state index in [0.717, 1.165) is 25.7 Å². The molecule has 210 valence electrons. The van der Waals surface area contributed by atoms with Crippen molar-refractivity contribution in [3.63, 3.8) is 0 Å². The molecule has 0 aliphatic carbocycles. The summed E-state index contributed by atoms with van der Waals surface area (Å²) < 4.78 is 0. The van der Waals surface area contributed by atoms with Crippen molar-refractivity contribution in [1.29, 1.82) is 0 Å². The van der Waals surface area contributed by atoms with Crippen LogP contribution in [-0.2, 0) is 4.79 Å². The van der Waals surface area contributed by atoms with Gasteiger partial charge in [0.2, 0.25) is 5.91 Å². The van der Waals surface area contributed by atoms with Gasteiger partial charge in [-0.3, -0.25) is 4.79 Å². The molecular formula is C30H61NO4. The fourth-order valence-corrected chi connectivity index (χ4v) is 4.75. The Kier molecular flexibility index (Phi) is 25.9. The number of aliphatic hydroxyl groups excluding tert-OH is 3. The highest BCUT2D eigenvalue weighted by Crippen LogP contribution is 2.15. The smallest absolute Gasteiger partial charge is 0.222 e. The molecular weight excluding hydrogens is 438 g/mol. The van der Waals surface area contributed by atoms with Gasteiger partial charge in [0.15, 0.2) is 0 Å². The van der Waals surface area contributed by atoms with Crippen molar-refractivity contribution in [3.8, 4) is 0 Å². The van der Waals surface area contributed by atoms with Crippen LogP contribution in [0.5, 0.6) is 0 Å². The normalized spacial score (nSPS) is 14.1.